The smallest absolute Gasteiger partial charge is 0.416 e. The van der Waals surface area contributed by atoms with E-state index in [4.69, 9.17) is 4.74 Å². The van der Waals surface area contributed by atoms with Gasteiger partial charge >= 0.3 is 12.2 Å². The van der Waals surface area contributed by atoms with Crippen molar-refractivity contribution in [1.82, 2.24) is 9.97 Å². The van der Waals surface area contributed by atoms with Gasteiger partial charge in [0.15, 0.2) is 0 Å². The first kappa shape index (κ1) is 20.2. The van der Waals surface area contributed by atoms with Crippen molar-refractivity contribution in [3.8, 4) is 6.01 Å². The number of anilines is 2. The Labute approximate surface area is 163 Å². The standard InChI is InChI=1S/C20H25F3N4O/c1-4-6-17-13-26(16-8-5-7-15(12-16)20(21,22)23)9-10-27(17)18-11-14(2)24-19(25-18)28-3/h5,7-8,11-12,17H,4,6,9-10,13H2,1-3H3. The van der Waals surface area contributed by atoms with Gasteiger partial charge in [0.2, 0.25) is 0 Å². The third-order valence-corrected chi connectivity index (χ3v) is 4.94. The largest absolute Gasteiger partial charge is 0.467 e. The number of methoxy groups -OCH3 is 1. The lowest BCUT2D eigenvalue weighted by Crippen LogP contribution is -2.53. The molecule has 1 atom stereocenters. The minimum Gasteiger partial charge on any atom is -0.467 e. The summed E-state index contributed by atoms with van der Waals surface area (Å²) in [5, 5.41) is 0. The second-order valence-electron chi connectivity index (χ2n) is 6.98. The van der Waals surface area contributed by atoms with Crippen LogP contribution in [0.15, 0.2) is 30.3 Å². The van der Waals surface area contributed by atoms with E-state index in [-0.39, 0.29) is 6.04 Å². The van der Waals surface area contributed by atoms with Crippen molar-refractivity contribution in [2.24, 2.45) is 0 Å². The van der Waals surface area contributed by atoms with E-state index in [0.29, 0.717) is 31.3 Å². The summed E-state index contributed by atoms with van der Waals surface area (Å²) < 4.78 is 44.4. The number of piperazine rings is 1. The van der Waals surface area contributed by atoms with E-state index >= 15 is 0 Å². The number of rotatable bonds is 5. The third-order valence-electron chi connectivity index (χ3n) is 4.94. The van der Waals surface area contributed by atoms with Gasteiger partial charge in [-0.25, -0.2) is 4.98 Å². The number of aryl methyl sites for hydroxylation is 1. The SMILES string of the molecule is CCCC1CN(c2cccc(C(F)(F)F)c2)CCN1c1cc(C)nc(OC)n1. The Bertz CT molecular complexity index is 812. The maximum atomic E-state index is 13.1. The van der Waals surface area contributed by atoms with E-state index in [0.717, 1.165) is 30.4 Å². The normalized spacial score (nSPS) is 17.7. The predicted octanol–water partition coefficient (Wildman–Crippen LogP) is 4.31. The van der Waals surface area contributed by atoms with Crippen LogP contribution in [0.25, 0.3) is 0 Å². The Kier molecular flexibility index (Phi) is 5.96. The number of hydrogen-bond donors (Lipinski definition) is 0. The van der Waals surface area contributed by atoms with Crippen LogP contribution in [0.5, 0.6) is 6.01 Å². The Morgan fingerprint density at radius 2 is 1.96 bits per heavy atom. The summed E-state index contributed by atoms with van der Waals surface area (Å²) in [7, 11) is 1.54. The molecule has 1 aliphatic rings. The lowest BCUT2D eigenvalue weighted by molar-refractivity contribution is -0.137. The van der Waals surface area contributed by atoms with Gasteiger partial charge in [-0.1, -0.05) is 19.4 Å². The summed E-state index contributed by atoms with van der Waals surface area (Å²) in [6, 6.07) is 7.95. The fourth-order valence-corrected chi connectivity index (χ4v) is 3.61. The first-order valence-corrected chi connectivity index (χ1v) is 9.40. The van der Waals surface area contributed by atoms with Crippen molar-refractivity contribution < 1.29 is 17.9 Å². The number of hydrogen-bond acceptors (Lipinski definition) is 5. The highest BCUT2D eigenvalue weighted by Crippen LogP contribution is 2.33. The molecule has 28 heavy (non-hydrogen) atoms. The molecule has 2 heterocycles. The zero-order valence-corrected chi connectivity index (χ0v) is 16.3. The predicted molar refractivity (Wildman–Crippen MR) is 103 cm³/mol. The van der Waals surface area contributed by atoms with Crippen LogP contribution in [0.3, 0.4) is 0 Å². The minimum atomic E-state index is -4.34. The molecule has 5 nitrogen and oxygen atoms in total. The van der Waals surface area contributed by atoms with Crippen LogP contribution in [0.4, 0.5) is 24.7 Å². The van der Waals surface area contributed by atoms with Gasteiger partial charge in [0.05, 0.1) is 12.7 Å². The van der Waals surface area contributed by atoms with Gasteiger partial charge in [-0.05, 0) is 31.5 Å². The van der Waals surface area contributed by atoms with Gasteiger partial charge in [-0.15, -0.1) is 0 Å². The highest BCUT2D eigenvalue weighted by molar-refractivity contribution is 5.52. The van der Waals surface area contributed by atoms with Gasteiger partial charge in [0, 0.05) is 43.1 Å². The molecule has 0 N–H and O–H groups in total. The van der Waals surface area contributed by atoms with Crippen molar-refractivity contribution >= 4 is 11.5 Å². The maximum Gasteiger partial charge on any atom is 0.416 e. The molecular formula is C20H25F3N4O. The van der Waals surface area contributed by atoms with Gasteiger partial charge in [0.25, 0.3) is 0 Å². The van der Waals surface area contributed by atoms with Crippen molar-refractivity contribution in [2.75, 3.05) is 36.5 Å². The number of aromatic nitrogens is 2. The molecule has 0 spiro atoms. The second-order valence-corrected chi connectivity index (χ2v) is 6.98. The molecule has 1 fully saturated rings. The molecular weight excluding hydrogens is 369 g/mol. The second kappa shape index (κ2) is 8.24. The van der Waals surface area contributed by atoms with Crippen LogP contribution in [-0.2, 0) is 6.18 Å². The van der Waals surface area contributed by atoms with Crippen LogP contribution in [0.1, 0.15) is 31.0 Å². The Balaban J connectivity index is 1.84. The van der Waals surface area contributed by atoms with Crippen LogP contribution < -0.4 is 14.5 Å². The molecule has 1 aliphatic heterocycles. The van der Waals surface area contributed by atoms with E-state index in [2.05, 4.69) is 21.8 Å². The van der Waals surface area contributed by atoms with Gasteiger partial charge < -0.3 is 14.5 Å². The molecule has 8 heteroatoms. The summed E-state index contributed by atoms with van der Waals surface area (Å²) in [6.07, 6.45) is -2.45. The maximum absolute atomic E-state index is 13.1. The molecule has 1 aromatic carbocycles. The summed E-state index contributed by atoms with van der Waals surface area (Å²) in [6.45, 7) is 5.92. The minimum absolute atomic E-state index is 0.146. The summed E-state index contributed by atoms with van der Waals surface area (Å²) in [4.78, 5) is 13.0. The average Bonchev–Trinajstić information content (AvgIpc) is 2.67. The summed E-state index contributed by atoms with van der Waals surface area (Å²) in [5.41, 5.74) is 0.806. The van der Waals surface area contributed by atoms with Crippen LogP contribution in [0.2, 0.25) is 0 Å². The van der Waals surface area contributed by atoms with Crippen molar-refractivity contribution in [3.05, 3.63) is 41.6 Å². The first-order chi connectivity index (χ1) is 13.3. The molecule has 0 bridgehead atoms. The van der Waals surface area contributed by atoms with Gasteiger partial charge in [0.1, 0.15) is 5.82 Å². The molecule has 152 valence electrons. The summed E-state index contributed by atoms with van der Waals surface area (Å²) in [5.74, 6) is 0.798. The van der Waals surface area contributed by atoms with E-state index in [1.165, 1.54) is 19.2 Å². The van der Waals surface area contributed by atoms with E-state index in [1.54, 1.807) is 6.07 Å². The van der Waals surface area contributed by atoms with Crippen LogP contribution >= 0.6 is 0 Å². The van der Waals surface area contributed by atoms with Crippen molar-refractivity contribution in [1.29, 1.82) is 0 Å². The molecule has 1 unspecified atom stereocenters. The van der Waals surface area contributed by atoms with E-state index in [9.17, 15) is 13.2 Å². The van der Waals surface area contributed by atoms with Crippen LogP contribution in [-0.4, -0.2) is 42.8 Å². The Morgan fingerprint density at radius 1 is 1.18 bits per heavy atom. The molecule has 2 aromatic rings. The monoisotopic (exact) mass is 394 g/mol. The summed E-state index contributed by atoms with van der Waals surface area (Å²) >= 11 is 0. The number of ether oxygens (including phenoxy) is 1. The highest BCUT2D eigenvalue weighted by atomic mass is 19.4. The number of nitrogens with zero attached hydrogens (tertiary/aromatic N) is 4. The lowest BCUT2D eigenvalue weighted by Gasteiger charge is -2.43. The molecule has 0 amide bonds. The number of benzene rings is 1. The lowest BCUT2D eigenvalue weighted by atomic mass is 10.0. The molecule has 1 saturated heterocycles. The van der Waals surface area contributed by atoms with Crippen LogP contribution in [0, 0.1) is 6.92 Å². The average molecular weight is 394 g/mol. The first-order valence-electron chi connectivity index (χ1n) is 9.40. The van der Waals surface area contributed by atoms with Gasteiger partial charge in [-0.2, -0.15) is 18.2 Å². The molecule has 1 aromatic heterocycles. The molecule has 0 aliphatic carbocycles. The van der Waals surface area contributed by atoms with E-state index < -0.39 is 11.7 Å². The fourth-order valence-electron chi connectivity index (χ4n) is 3.61. The third kappa shape index (κ3) is 4.48. The molecule has 0 saturated carbocycles. The van der Waals surface area contributed by atoms with E-state index in [1.807, 2.05) is 17.9 Å². The zero-order chi connectivity index (χ0) is 20.3. The molecule has 3 rings (SSSR count). The zero-order valence-electron chi connectivity index (χ0n) is 16.3. The Morgan fingerprint density at radius 3 is 2.64 bits per heavy atom. The van der Waals surface area contributed by atoms with Crippen molar-refractivity contribution in [2.45, 2.75) is 38.9 Å². The fraction of sp³-hybridized carbons (Fsp3) is 0.500. The quantitative estimate of drug-likeness (QED) is 0.756. The van der Waals surface area contributed by atoms with Crippen molar-refractivity contribution in [3.63, 3.8) is 0 Å². The Hall–Kier alpha value is -2.51. The number of alkyl halides is 3. The number of halogens is 3. The molecule has 0 radical (unpaired) electrons. The highest BCUT2D eigenvalue weighted by Gasteiger charge is 2.32. The topological polar surface area (TPSA) is 41.5 Å². The van der Waals surface area contributed by atoms with Gasteiger partial charge in [-0.3, -0.25) is 0 Å².